The number of carbonyl (C=O) groups is 1. The first-order chi connectivity index (χ1) is 11.6. The number of halogens is 1. The summed E-state index contributed by atoms with van der Waals surface area (Å²) in [5.74, 6) is 0.758. The zero-order valence-electron chi connectivity index (χ0n) is 14.7. The van der Waals surface area contributed by atoms with Crippen LogP contribution in [0.4, 0.5) is 5.69 Å². The predicted molar refractivity (Wildman–Crippen MR) is 98.5 cm³/mol. The number of hydrogen-bond donors (Lipinski definition) is 0. The van der Waals surface area contributed by atoms with Crippen molar-refractivity contribution in [1.29, 1.82) is 0 Å². The van der Waals surface area contributed by atoms with Crippen LogP contribution in [0.3, 0.4) is 0 Å². The number of nitrogens with zero attached hydrogens (tertiary/aromatic N) is 1. The molecule has 132 valence electrons. The molecule has 0 heterocycles. The van der Waals surface area contributed by atoms with Gasteiger partial charge in [0.25, 0.3) is 0 Å². The van der Waals surface area contributed by atoms with Crippen LogP contribution >= 0.6 is 11.6 Å². The molecule has 5 unspecified atom stereocenters. The van der Waals surface area contributed by atoms with Gasteiger partial charge in [-0.1, -0.05) is 25.1 Å². The molecule has 1 aromatic rings. The molecule has 1 aromatic carbocycles. The first-order valence-corrected chi connectivity index (χ1v) is 9.60. The molecule has 24 heavy (non-hydrogen) atoms. The first kappa shape index (κ1) is 17.8. The Morgan fingerprint density at radius 3 is 2.58 bits per heavy atom. The average Bonchev–Trinajstić information content (AvgIpc) is 3.06. The third kappa shape index (κ3) is 3.62. The van der Waals surface area contributed by atoms with Crippen molar-refractivity contribution in [3.63, 3.8) is 0 Å². The second kappa shape index (κ2) is 7.88. The Kier molecular flexibility index (Phi) is 5.83. The minimum atomic E-state index is 0.0296. The van der Waals surface area contributed by atoms with Gasteiger partial charge < -0.3 is 9.64 Å². The molecule has 0 N–H and O–H groups in total. The molecule has 2 fully saturated rings. The predicted octanol–water partition coefficient (Wildman–Crippen LogP) is 4.63. The molecular weight excluding hydrogens is 322 g/mol. The van der Waals surface area contributed by atoms with Crippen molar-refractivity contribution in [2.75, 3.05) is 12.0 Å². The lowest BCUT2D eigenvalue weighted by atomic mass is 9.81. The van der Waals surface area contributed by atoms with Crippen LogP contribution in [0.15, 0.2) is 30.3 Å². The van der Waals surface area contributed by atoms with Gasteiger partial charge in [0, 0.05) is 24.1 Å². The van der Waals surface area contributed by atoms with Crippen molar-refractivity contribution < 1.29 is 9.53 Å². The van der Waals surface area contributed by atoms with Crippen molar-refractivity contribution >= 4 is 23.2 Å². The highest BCUT2D eigenvalue weighted by Crippen LogP contribution is 2.37. The Hall–Kier alpha value is -1.06. The van der Waals surface area contributed by atoms with Crippen LogP contribution in [-0.4, -0.2) is 30.5 Å². The van der Waals surface area contributed by atoms with Crippen molar-refractivity contribution in [2.45, 2.75) is 63.0 Å². The molecular formula is C20H28ClNO2. The van der Waals surface area contributed by atoms with Crippen molar-refractivity contribution in [2.24, 2.45) is 11.8 Å². The molecule has 1 amide bonds. The van der Waals surface area contributed by atoms with Gasteiger partial charge in [0.15, 0.2) is 0 Å². The fourth-order valence-electron chi connectivity index (χ4n) is 4.24. The quantitative estimate of drug-likeness (QED) is 0.741. The number of hydrogen-bond acceptors (Lipinski definition) is 2. The Morgan fingerprint density at radius 1 is 1.17 bits per heavy atom. The van der Waals surface area contributed by atoms with Gasteiger partial charge in [0.05, 0.1) is 12.1 Å². The highest BCUT2D eigenvalue weighted by molar-refractivity contribution is 6.21. The summed E-state index contributed by atoms with van der Waals surface area (Å²) in [5.41, 5.74) is 0.987. The topological polar surface area (TPSA) is 29.5 Å². The number of rotatable bonds is 4. The molecule has 0 spiro atoms. The van der Waals surface area contributed by atoms with Gasteiger partial charge in [-0.15, -0.1) is 11.6 Å². The third-order valence-corrected chi connectivity index (χ3v) is 6.38. The van der Waals surface area contributed by atoms with Crippen molar-refractivity contribution in [1.82, 2.24) is 0 Å². The summed E-state index contributed by atoms with van der Waals surface area (Å²) in [6.45, 7) is 2.19. The van der Waals surface area contributed by atoms with E-state index < -0.39 is 0 Å². The fourth-order valence-corrected chi connectivity index (χ4v) is 4.58. The van der Waals surface area contributed by atoms with E-state index in [9.17, 15) is 4.79 Å². The Morgan fingerprint density at radius 2 is 1.92 bits per heavy atom. The van der Waals surface area contributed by atoms with Crippen LogP contribution in [-0.2, 0) is 9.53 Å². The molecule has 3 rings (SSSR count). The standard InChI is InChI=1S/C20H28ClNO2/c1-14-11-12-15(13-17(14)21)20(23)22(16-7-4-3-5-8-16)18-9-6-10-19(18)24-2/h3-5,7-8,14-15,17-19H,6,9-13H2,1-2H3. The number of amides is 1. The molecule has 2 aliphatic rings. The lowest BCUT2D eigenvalue weighted by Crippen LogP contribution is -2.49. The summed E-state index contributed by atoms with van der Waals surface area (Å²) in [6, 6.07) is 10.2. The summed E-state index contributed by atoms with van der Waals surface area (Å²) in [5, 5.41) is 0.104. The highest BCUT2D eigenvalue weighted by Gasteiger charge is 2.40. The molecule has 0 aliphatic heterocycles. The summed E-state index contributed by atoms with van der Waals surface area (Å²) in [4.78, 5) is 15.4. The van der Waals surface area contributed by atoms with Crippen molar-refractivity contribution in [3.8, 4) is 0 Å². The molecule has 2 saturated carbocycles. The van der Waals surface area contributed by atoms with Crippen LogP contribution in [0.1, 0.15) is 45.4 Å². The summed E-state index contributed by atoms with van der Waals surface area (Å²) >= 11 is 6.48. The highest BCUT2D eigenvalue weighted by atomic mass is 35.5. The van der Waals surface area contributed by atoms with E-state index in [1.165, 1.54) is 0 Å². The maximum atomic E-state index is 13.4. The van der Waals surface area contributed by atoms with Gasteiger partial charge in [-0.2, -0.15) is 0 Å². The number of benzene rings is 1. The maximum absolute atomic E-state index is 13.4. The van der Waals surface area contributed by atoms with Gasteiger partial charge >= 0.3 is 0 Å². The van der Waals surface area contributed by atoms with Crippen molar-refractivity contribution in [3.05, 3.63) is 30.3 Å². The molecule has 0 bridgehead atoms. The second-order valence-corrected chi connectivity index (χ2v) is 7.88. The molecule has 3 nitrogen and oxygen atoms in total. The van der Waals surface area contributed by atoms with Crippen LogP contribution in [0.5, 0.6) is 0 Å². The van der Waals surface area contributed by atoms with E-state index in [4.69, 9.17) is 16.3 Å². The monoisotopic (exact) mass is 349 g/mol. The first-order valence-electron chi connectivity index (χ1n) is 9.16. The lowest BCUT2D eigenvalue weighted by Gasteiger charge is -2.38. The van der Waals surface area contributed by atoms with Gasteiger partial charge in [-0.3, -0.25) is 4.79 Å². The van der Waals surface area contributed by atoms with E-state index >= 15 is 0 Å². The number of para-hydroxylation sites is 1. The van der Waals surface area contributed by atoms with Gasteiger partial charge in [-0.25, -0.2) is 0 Å². The molecule has 5 atom stereocenters. The number of alkyl halides is 1. The minimum Gasteiger partial charge on any atom is -0.379 e. The van der Waals surface area contributed by atoms with Gasteiger partial charge in [0.1, 0.15) is 0 Å². The Balaban J connectivity index is 1.86. The fraction of sp³-hybridized carbons (Fsp3) is 0.650. The van der Waals surface area contributed by atoms with Crippen LogP contribution < -0.4 is 4.90 Å². The normalized spacial score (nSPS) is 33.4. The molecule has 0 radical (unpaired) electrons. The number of carbonyl (C=O) groups excluding carboxylic acids is 1. The third-order valence-electron chi connectivity index (χ3n) is 5.77. The van der Waals surface area contributed by atoms with Gasteiger partial charge in [0.2, 0.25) is 5.91 Å². The lowest BCUT2D eigenvalue weighted by molar-refractivity contribution is -0.124. The summed E-state index contributed by atoms with van der Waals surface area (Å²) < 4.78 is 5.68. The Labute approximate surface area is 150 Å². The van der Waals surface area contributed by atoms with Crippen LogP contribution in [0.2, 0.25) is 0 Å². The summed E-state index contributed by atoms with van der Waals surface area (Å²) in [6.07, 6.45) is 6.03. The number of ether oxygens (including phenoxy) is 1. The largest absolute Gasteiger partial charge is 0.379 e. The zero-order chi connectivity index (χ0) is 17.1. The molecule has 2 aliphatic carbocycles. The number of methoxy groups -OCH3 is 1. The van der Waals surface area contributed by atoms with E-state index in [2.05, 4.69) is 6.92 Å². The van der Waals surface area contributed by atoms with E-state index in [1.807, 2.05) is 35.2 Å². The minimum absolute atomic E-state index is 0.0296. The zero-order valence-corrected chi connectivity index (χ0v) is 15.4. The van der Waals surface area contributed by atoms with Gasteiger partial charge in [-0.05, 0) is 56.6 Å². The van der Waals surface area contributed by atoms with E-state index in [1.54, 1.807) is 7.11 Å². The summed E-state index contributed by atoms with van der Waals surface area (Å²) in [7, 11) is 1.76. The smallest absolute Gasteiger partial charge is 0.230 e. The van der Waals surface area contributed by atoms with E-state index in [0.29, 0.717) is 5.92 Å². The van der Waals surface area contributed by atoms with E-state index in [0.717, 1.165) is 44.2 Å². The van der Waals surface area contributed by atoms with Crippen LogP contribution in [0, 0.1) is 11.8 Å². The second-order valence-electron chi connectivity index (χ2n) is 7.32. The maximum Gasteiger partial charge on any atom is 0.230 e. The average molecular weight is 350 g/mol. The molecule has 4 heteroatoms. The SMILES string of the molecule is COC1CCCC1N(C(=O)C1CCC(C)C(Cl)C1)c1ccccc1. The Bertz CT molecular complexity index is 550. The molecule has 0 saturated heterocycles. The molecule has 0 aromatic heterocycles. The number of anilines is 1. The van der Waals surface area contributed by atoms with Crippen LogP contribution in [0.25, 0.3) is 0 Å². The van der Waals surface area contributed by atoms with E-state index in [-0.39, 0.29) is 29.3 Å².